The molecule has 3 aromatic carbocycles. The summed E-state index contributed by atoms with van der Waals surface area (Å²) in [5.74, 6) is -0.705. The van der Waals surface area contributed by atoms with Gasteiger partial charge in [-0.05, 0) is 62.0 Å². The number of nitrogens with zero attached hydrogens (tertiary/aromatic N) is 6. The third-order valence-electron chi connectivity index (χ3n) is 8.36. The summed E-state index contributed by atoms with van der Waals surface area (Å²) in [5, 5.41) is 7.17. The lowest BCUT2D eigenvalue weighted by atomic mass is 10.1. The second-order valence-electron chi connectivity index (χ2n) is 11.8. The number of halogens is 3. The number of pyridine rings is 1. The predicted octanol–water partition coefficient (Wildman–Crippen LogP) is 4.93. The summed E-state index contributed by atoms with van der Waals surface area (Å²) >= 11 is 0. The first-order valence-corrected chi connectivity index (χ1v) is 16.1. The molecule has 1 amide bonds. The molecule has 0 atom stereocenters. The van der Waals surface area contributed by atoms with Crippen molar-refractivity contribution in [1.29, 1.82) is 0 Å². The average Bonchev–Trinajstić information content (AvgIpc) is 3.41. The van der Waals surface area contributed by atoms with Crippen molar-refractivity contribution in [3.8, 4) is 34.4 Å². The Morgan fingerprint density at radius 3 is 2.41 bits per heavy atom. The van der Waals surface area contributed by atoms with Crippen molar-refractivity contribution in [3.05, 3.63) is 89.0 Å². The van der Waals surface area contributed by atoms with Gasteiger partial charge in [-0.2, -0.15) is 13.5 Å². The second-order valence-corrected chi connectivity index (χ2v) is 11.8. The molecule has 1 aliphatic rings. The number of piperazine rings is 1. The van der Waals surface area contributed by atoms with E-state index in [1.807, 2.05) is 0 Å². The van der Waals surface area contributed by atoms with Gasteiger partial charge in [0.1, 0.15) is 11.5 Å². The van der Waals surface area contributed by atoms with Gasteiger partial charge in [-0.1, -0.05) is 0 Å². The van der Waals surface area contributed by atoms with E-state index in [1.54, 1.807) is 24.4 Å². The number of carbonyl (C=O) groups is 1. The maximum atomic E-state index is 15.3. The van der Waals surface area contributed by atoms with Crippen LogP contribution in [-0.2, 0) is 7.05 Å². The summed E-state index contributed by atoms with van der Waals surface area (Å²) in [6.45, 7) is 2.64. The summed E-state index contributed by atoms with van der Waals surface area (Å²) < 4.78 is 64.1. The molecule has 268 valence electrons. The highest BCUT2D eigenvalue weighted by molar-refractivity contribution is 6.01. The van der Waals surface area contributed by atoms with Gasteiger partial charge in [0.15, 0.2) is 23.1 Å². The summed E-state index contributed by atoms with van der Waals surface area (Å²) in [7, 11) is 5.00. The Kier molecular flexibility index (Phi) is 10.7. The van der Waals surface area contributed by atoms with Crippen molar-refractivity contribution in [2.75, 3.05) is 58.8 Å². The van der Waals surface area contributed by atoms with E-state index < -0.39 is 24.0 Å². The Bertz CT molecular complexity index is 2060. The summed E-state index contributed by atoms with van der Waals surface area (Å²) in [4.78, 5) is 35.0. The molecule has 1 aliphatic heterocycles. The van der Waals surface area contributed by atoms with Crippen LogP contribution in [0.4, 0.5) is 18.9 Å². The lowest BCUT2D eigenvalue weighted by Gasteiger charge is -2.32. The molecule has 0 radical (unpaired) electrons. The maximum Gasteiger partial charge on any atom is 0.387 e. The number of alkyl halides is 2. The number of benzene rings is 3. The van der Waals surface area contributed by atoms with Crippen LogP contribution in [0, 0.1) is 5.82 Å². The molecule has 0 saturated carbocycles. The van der Waals surface area contributed by atoms with Crippen LogP contribution < -0.4 is 30.0 Å². The first kappa shape index (κ1) is 35.2. The number of rotatable bonds is 13. The number of hydrogen-bond acceptors (Lipinski definition) is 10. The number of amides is 1. The van der Waals surface area contributed by atoms with Gasteiger partial charge >= 0.3 is 12.3 Å². The maximum absolute atomic E-state index is 15.3. The van der Waals surface area contributed by atoms with Crippen LogP contribution in [0.15, 0.2) is 71.7 Å². The van der Waals surface area contributed by atoms with Gasteiger partial charge in [-0.3, -0.25) is 14.3 Å². The Morgan fingerprint density at radius 1 is 0.941 bits per heavy atom. The van der Waals surface area contributed by atoms with Gasteiger partial charge in [0.2, 0.25) is 5.82 Å². The Labute approximate surface area is 290 Å². The fourth-order valence-electron chi connectivity index (χ4n) is 5.57. The third kappa shape index (κ3) is 8.24. The number of nitrogens with one attached hydrogen (secondary N) is 1. The lowest BCUT2D eigenvalue weighted by Crippen LogP contribution is -2.44. The van der Waals surface area contributed by atoms with E-state index >= 15 is 4.39 Å². The number of ether oxygens (including phenoxy) is 4. The monoisotopic (exact) mass is 707 g/mol. The van der Waals surface area contributed by atoms with E-state index in [0.29, 0.717) is 34.8 Å². The summed E-state index contributed by atoms with van der Waals surface area (Å²) in [5.41, 5.74) is 0.189. The number of anilines is 1. The van der Waals surface area contributed by atoms with Crippen molar-refractivity contribution in [1.82, 2.24) is 29.1 Å². The van der Waals surface area contributed by atoms with Gasteiger partial charge in [0, 0.05) is 69.2 Å². The van der Waals surface area contributed by atoms with Gasteiger partial charge in [-0.15, -0.1) is 5.10 Å². The largest absolute Gasteiger partial charge is 0.493 e. The van der Waals surface area contributed by atoms with Crippen molar-refractivity contribution >= 4 is 22.5 Å². The molecule has 1 fully saturated rings. The Hall–Kier alpha value is -5.61. The normalized spacial score (nSPS) is 13.8. The van der Waals surface area contributed by atoms with Crippen molar-refractivity contribution in [2.45, 2.75) is 13.0 Å². The molecule has 3 heterocycles. The number of likely N-dealkylation sites (N-methyl/N-ethyl adjacent to an activating group) is 1. The van der Waals surface area contributed by atoms with Crippen molar-refractivity contribution in [3.63, 3.8) is 0 Å². The first-order chi connectivity index (χ1) is 24.6. The van der Waals surface area contributed by atoms with E-state index in [4.69, 9.17) is 14.2 Å². The number of methoxy groups -OCH3 is 1. The number of hydrogen-bond donors (Lipinski definition) is 1. The molecule has 16 heteroatoms. The fourth-order valence-corrected chi connectivity index (χ4v) is 5.57. The Balaban J connectivity index is 1.12. The van der Waals surface area contributed by atoms with Gasteiger partial charge < -0.3 is 34.1 Å². The molecule has 1 saturated heterocycles. The van der Waals surface area contributed by atoms with Crippen LogP contribution in [0.3, 0.4) is 0 Å². The van der Waals surface area contributed by atoms with Gasteiger partial charge in [0.25, 0.3) is 5.91 Å². The molecule has 1 N–H and O–H groups in total. The van der Waals surface area contributed by atoms with Crippen LogP contribution in [0.1, 0.15) is 17.0 Å². The SMILES string of the molecule is COc1cc2c(Oc3ccc(NC(=O)c4nn(-c5ccc(OC(F)F)cc5)c(=O)n4C)cc3F)ccnc2cc1OCCCN1CCN(C)CC1. The topological polar surface area (TPSA) is 125 Å². The van der Waals surface area contributed by atoms with Crippen LogP contribution in [0.25, 0.3) is 16.6 Å². The standard InChI is InChI=1S/C35H36F3N7O6/c1-42-14-16-44(17-15-42)13-4-18-49-31-21-27-25(20-30(31)48-3)28(11-12-39-27)51-29-10-5-22(19-26(29)36)40-33(46)32-41-45(35(47)43(32)2)23-6-8-24(9-7-23)50-34(37)38/h5-12,19-21,34H,4,13-18H2,1-3H3,(H,40,46). The van der Waals surface area contributed by atoms with E-state index in [0.717, 1.165) is 54.5 Å². The first-order valence-electron chi connectivity index (χ1n) is 16.1. The molecule has 0 spiro atoms. The second kappa shape index (κ2) is 15.5. The molecular weight excluding hydrogens is 671 g/mol. The molecule has 13 nitrogen and oxygen atoms in total. The highest BCUT2D eigenvalue weighted by Gasteiger charge is 2.20. The highest BCUT2D eigenvalue weighted by atomic mass is 19.3. The molecule has 5 aromatic rings. The summed E-state index contributed by atoms with van der Waals surface area (Å²) in [6.07, 6.45) is 2.40. The zero-order valence-corrected chi connectivity index (χ0v) is 28.1. The molecule has 0 bridgehead atoms. The molecule has 2 aromatic heterocycles. The Morgan fingerprint density at radius 2 is 1.71 bits per heavy atom. The zero-order valence-electron chi connectivity index (χ0n) is 28.1. The number of fused-ring (bicyclic) bond motifs is 1. The number of aromatic nitrogens is 4. The lowest BCUT2D eigenvalue weighted by molar-refractivity contribution is -0.0498. The smallest absolute Gasteiger partial charge is 0.387 e. The van der Waals surface area contributed by atoms with Gasteiger partial charge in [0.05, 0.1) is 24.9 Å². The predicted molar refractivity (Wildman–Crippen MR) is 182 cm³/mol. The zero-order chi connectivity index (χ0) is 36.1. The highest BCUT2D eigenvalue weighted by Crippen LogP contribution is 2.38. The molecule has 0 aliphatic carbocycles. The minimum Gasteiger partial charge on any atom is -0.493 e. The van der Waals surface area contributed by atoms with E-state index in [1.165, 1.54) is 50.6 Å². The van der Waals surface area contributed by atoms with Crippen LogP contribution in [-0.4, -0.2) is 95.1 Å². The van der Waals surface area contributed by atoms with Gasteiger partial charge in [-0.25, -0.2) is 9.18 Å². The van der Waals surface area contributed by atoms with Crippen molar-refractivity contribution < 1.29 is 36.9 Å². The fraction of sp³-hybridized carbons (Fsp3) is 0.314. The van der Waals surface area contributed by atoms with E-state index in [-0.39, 0.29) is 28.7 Å². The molecule has 51 heavy (non-hydrogen) atoms. The average molecular weight is 708 g/mol. The van der Waals surface area contributed by atoms with Crippen LogP contribution in [0.2, 0.25) is 0 Å². The van der Waals surface area contributed by atoms with Crippen LogP contribution >= 0.6 is 0 Å². The summed E-state index contributed by atoms with van der Waals surface area (Å²) in [6, 6.07) is 14.1. The minimum atomic E-state index is -3.00. The quantitative estimate of drug-likeness (QED) is 0.169. The minimum absolute atomic E-state index is 0.0796. The van der Waals surface area contributed by atoms with Crippen molar-refractivity contribution in [2.24, 2.45) is 7.05 Å². The van der Waals surface area contributed by atoms with Crippen LogP contribution in [0.5, 0.6) is 28.7 Å². The molecule has 6 rings (SSSR count). The molecule has 0 unspecified atom stereocenters. The third-order valence-corrected chi connectivity index (χ3v) is 8.36. The van der Waals surface area contributed by atoms with E-state index in [9.17, 15) is 18.4 Å². The number of carbonyl (C=O) groups excluding carboxylic acids is 1. The molecular formula is C35H36F3N7O6. The van der Waals surface area contributed by atoms with E-state index in [2.05, 4.69) is 37.0 Å².